The van der Waals surface area contributed by atoms with Crippen molar-refractivity contribution in [2.24, 2.45) is 11.8 Å². The lowest BCUT2D eigenvalue weighted by Gasteiger charge is -2.41. The van der Waals surface area contributed by atoms with Gasteiger partial charge in [0.15, 0.2) is 0 Å². The summed E-state index contributed by atoms with van der Waals surface area (Å²) < 4.78 is 5.26. The first-order valence-corrected chi connectivity index (χ1v) is 7.84. The fourth-order valence-electron chi connectivity index (χ4n) is 3.88. The molecule has 1 aliphatic carbocycles. The normalized spacial score (nSPS) is 27.1. The third-order valence-electron chi connectivity index (χ3n) is 5.06. The minimum absolute atomic E-state index is 0.386. The molecular weight excluding hydrogens is 250 g/mol. The van der Waals surface area contributed by atoms with E-state index < -0.39 is 0 Å². The van der Waals surface area contributed by atoms with E-state index in [2.05, 4.69) is 4.90 Å². The smallest absolute Gasteiger partial charge is 0.120 e. The highest BCUT2D eigenvalue weighted by Gasteiger charge is 2.31. The van der Waals surface area contributed by atoms with Gasteiger partial charge in [0.2, 0.25) is 0 Å². The first-order valence-electron chi connectivity index (χ1n) is 7.84. The zero-order valence-corrected chi connectivity index (χ0v) is 12.3. The zero-order chi connectivity index (χ0) is 13.9. The number of aromatic hydroxyl groups is 1. The van der Waals surface area contributed by atoms with Gasteiger partial charge in [0.25, 0.3) is 0 Å². The molecule has 0 amide bonds. The number of phenols is 1. The van der Waals surface area contributed by atoms with Gasteiger partial charge in [-0.2, -0.15) is 0 Å². The quantitative estimate of drug-likeness (QED) is 0.917. The number of phenolic OH excluding ortho intramolecular Hbond substituents is 1. The van der Waals surface area contributed by atoms with Crippen LogP contribution in [0.5, 0.6) is 11.5 Å². The summed E-state index contributed by atoms with van der Waals surface area (Å²) in [4.78, 5) is 2.50. The van der Waals surface area contributed by atoms with Gasteiger partial charge < -0.3 is 9.84 Å². The lowest BCUT2D eigenvalue weighted by Crippen LogP contribution is -2.41. The summed E-state index contributed by atoms with van der Waals surface area (Å²) in [6.45, 7) is 3.20. The van der Waals surface area contributed by atoms with Gasteiger partial charge in [0, 0.05) is 18.7 Å². The highest BCUT2D eigenvalue weighted by Crippen LogP contribution is 2.37. The minimum Gasteiger partial charge on any atom is -0.508 e. The van der Waals surface area contributed by atoms with Crippen LogP contribution < -0.4 is 4.74 Å². The molecule has 1 saturated carbocycles. The minimum atomic E-state index is 0.386. The third kappa shape index (κ3) is 2.93. The van der Waals surface area contributed by atoms with Gasteiger partial charge in [-0.05, 0) is 49.4 Å². The van der Waals surface area contributed by atoms with E-state index in [0.717, 1.165) is 36.2 Å². The molecule has 2 unspecified atom stereocenters. The Morgan fingerprint density at radius 1 is 1.20 bits per heavy atom. The lowest BCUT2D eigenvalue weighted by molar-refractivity contribution is 0.0815. The molecule has 20 heavy (non-hydrogen) atoms. The molecule has 3 nitrogen and oxygen atoms in total. The molecule has 2 aliphatic rings. The summed E-state index contributed by atoms with van der Waals surface area (Å²) in [5, 5.41) is 10.0. The molecule has 1 saturated heterocycles. The molecule has 2 fully saturated rings. The average molecular weight is 275 g/mol. The van der Waals surface area contributed by atoms with Crippen molar-refractivity contribution < 1.29 is 9.84 Å². The number of fused-ring (bicyclic) bond motifs is 1. The molecule has 1 heterocycles. The Balaban J connectivity index is 1.66. The number of hydrogen-bond acceptors (Lipinski definition) is 3. The number of benzene rings is 1. The van der Waals surface area contributed by atoms with Crippen molar-refractivity contribution in [3.63, 3.8) is 0 Å². The van der Waals surface area contributed by atoms with E-state index in [1.807, 2.05) is 12.1 Å². The maximum atomic E-state index is 10.0. The van der Waals surface area contributed by atoms with Crippen LogP contribution in [0, 0.1) is 11.8 Å². The van der Waals surface area contributed by atoms with Crippen molar-refractivity contribution >= 4 is 0 Å². The molecule has 1 N–H and O–H groups in total. The van der Waals surface area contributed by atoms with E-state index in [9.17, 15) is 5.11 Å². The SMILES string of the molecule is COc1ccc(O)c(CN2CCC3CCCCC3C2)c1. The van der Waals surface area contributed by atoms with Crippen molar-refractivity contribution in [2.75, 3.05) is 20.2 Å². The Bertz CT molecular complexity index is 460. The van der Waals surface area contributed by atoms with Crippen LogP contribution in [0.25, 0.3) is 0 Å². The third-order valence-corrected chi connectivity index (χ3v) is 5.06. The molecular formula is C17H25NO2. The Hall–Kier alpha value is -1.22. The molecule has 0 aromatic heterocycles. The van der Waals surface area contributed by atoms with Crippen LogP contribution in [0.2, 0.25) is 0 Å². The number of nitrogens with zero attached hydrogens (tertiary/aromatic N) is 1. The fourth-order valence-corrected chi connectivity index (χ4v) is 3.88. The standard InChI is InChI=1S/C17H25NO2/c1-20-16-6-7-17(19)15(10-16)12-18-9-8-13-4-2-3-5-14(13)11-18/h6-7,10,13-14,19H,2-5,8-9,11-12H2,1H3. The Morgan fingerprint density at radius 2 is 2.00 bits per heavy atom. The molecule has 3 rings (SSSR count). The van der Waals surface area contributed by atoms with E-state index >= 15 is 0 Å². The number of piperidine rings is 1. The molecule has 0 spiro atoms. The Kier molecular flexibility index (Phi) is 4.16. The highest BCUT2D eigenvalue weighted by molar-refractivity contribution is 5.39. The summed E-state index contributed by atoms with van der Waals surface area (Å²) >= 11 is 0. The van der Waals surface area contributed by atoms with Gasteiger partial charge in [-0.1, -0.05) is 19.3 Å². The summed E-state index contributed by atoms with van der Waals surface area (Å²) in [6.07, 6.45) is 6.99. The van der Waals surface area contributed by atoms with Crippen LogP contribution in [-0.2, 0) is 6.54 Å². The average Bonchev–Trinajstić information content (AvgIpc) is 2.49. The second-order valence-corrected chi connectivity index (χ2v) is 6.32. The second-order valence-electron chi connectivity index (χ2n) is 6.32. The van der Waals surface area contributed by atoms with E-state index in [0.29, 0.717) is 5.75 Å². The predicted molar refractivity (Wildman–Crippen MR) is 80.0 cm³/mol. The molecule has 0 radical (unpaired) electrons. The van der Waals surface area contributed by atoms with Crippen molar-refractivity contribution in [3.05, 3.63) is 23.8 Å². The number of likely N-dealkylation sites (tertiary alicyclic amines) is 1. The predicted octanol–water partition coefficient (Wildman–Crippen LogP) is 3.41. The monoisotopic (exact) mass is 275 g/mol. The van der Waals surface area contributed by atoms with Gasteiger partial charge in [-0.15, -0.1) is 0 Å². The zero-order valence-electron chi connectivity index (χ0n) is 12.3. The van der Waals surface area contributed by atoms with Crippen LogP contribution in [-0.4, -0.2) is 30.2 Å². The highest BCUT2D eigenvalue weighted by atomic mass is 16.5. The summed E-state index contributed by atoms with van der Waals surface area (Å²) in [7, 11) is 1.67. The van der Waals surface area contributed by atoms with E-state index in [4.69, 9.17) is 4.74 Å². The van der Waals surface area contributed by atoms with E-state index in [1.165, 1.54) is 38.6 Å². The fraction of sp³-hybridized carbons (Fsp3) is 0.647. The van der Waals surface area contributed by atoms with Crippen LogP contribution in [0.1, 0.15) is 37.7 Å². The number of hydrogen-bond donors (Lipinski definition) is 1. The van der Waals surface area contributed by atoms with Crippen LogP contribution in [0.15, 0.2) is 18.2 Å². The Labute approximate surface area is 121 Å². The number of ether oxygens (including phenoxy) is 1. The van der Waals surface area contributed by atoms with Crippen LogP contribution in [0.4, 0.5) is 0 Å². The van der Waals surface area contributed by atoms with Crippen molar-refractivity contribution in [2.45, 2.75) is 38.6 Å². The summed E-state index contributed by atoms with van der Waals surface area (Å²) in [5.74, 6) is 3.05. The largest absolute Gasteiger partial charge is 0.508 e. The van der Waals surface area contributed by atoms with E-state index in [-0.39, 0.29) is 0 Å². The molecule has 3 heteroatoms. The summed E-state index contributed by atoms with van der Waals surface area (Å²) in [6, 6.07) is 5.51. The van der Waals surface area contributed by atoms with Gasteiger partial charge in [0.1, 0.15) is 11.5 Å². The van der Waals surface area contributed by atoms with Crippen molar-refractivity contribution in [1.82, 2.24) is 4.90 Å². The maximum Gasteiger partial charge on any atom is 0.120 e. The summed E-state index contributed by atoms with van der Waals surface area (Å²) in [5.41, 5.74) is 0.985. The molecule has 1 aliphatic heterocycles. The lowest BCUT2D eigenvalue weighted by atomic mass is 9.75. The molecule has 110 valence electrons. The topological polar surface area (TPSA) is 32.7 Å². The molecule has 2 atom stereocenters. The first-order chi connectivity index (χ1) is 9.76. The number of rotatable bonds is 3. The molecule has 0 bridgehead atoms. The van der Waals surface area contributed by atoms with Crippen LogP contribution >= 0.6 is 0 Å². The molecule has 1 aromatic rings. The number of methoxy groups -OCH3 is 1. The van der Waals surface area contributed by atoms with Gasteiger partial charge >= 0.3 is 0 Å². The Morgan fingerprint density at radius 3 is 2.80 bits per heavy atom. The van der Waals surface area contributed by atoms with Gasteiger partial charge in [-0.25, -0.2) is 0 Å². The van der Waals surface area contributed by atoms with Gasteiger partial charge in [0.05, 0.1) is 7.11 Å². The first kappa shape index (κ1) is 13.7. The maximum absolute atomic E-state index is 10.0. The second kappa shape index (κ2) is 6.04. The molecule has 1 aromatic carbocycles. The van der Waals surface area contributed by atoms with Crippen molar-refractivity contribution in [1.29, 1.82) is 0 Å². The van der Waals surface area contributed by atoms with Crippen molar-refractivity contribution in [3.8, 4) is 11.5 Å². The van der Waals surface area contributed by atoms with Gasteiger partial charge in [-0.3, -0.25) is 4.90 Å². The van der Waals surface area contributed by atoms with E-state index in [1.54, 1.807) is 13.2 Å². The van der Waals surface area contributed by atoms with Crippen LogP contribution in [0.3, 0.4) is 0 Å².